The summed E-state index contributed by atoms with van der Waals surface area (Å²) in [5.41, 5.74) is 0. The molecule has 0 aromatic rings. The van der Waals surface area contributed by atoms with Crippen LogP contribution in [0.1, 0.15) is 46.0 Å². The van der Waals surface area contributed by atoms with E-state index in [2.05, 4.69) is 19.2 Å². The molecule has 1 N–H and O–H groups in total. The van der Waals surface area contributed by atoms with Gasteiger partial charge in [0.05, 0.1) is 6.61 Å². The standard InChI is InChI=1S/C11H25NO/c1-3-5-6-7-8-10-13-11-9-12-4-2/h12H,3-11H2,1-2H3. The fourth-order valence-corrected chi connectivity index (χ4v) is 1.23. The highest BCUT2D eigenvalue weighted by Crippen LogP contribution is 2.01. The molecule has 0 aliphatic heterocycles. The summed E-state index contributed by atoms with van der Waals surface area (Å²) in [5.74, 6) is 0. The van der Waals surface area contributed by atoms with Crippen molar-refractivity contribution in [2.24, 2.45) is 0 Å². The van der Waals surface area contributed by atoms with Crippen molar-refractivity contribution in [1.29, 1.82) is 0 Å². The van der Waals surface area contributed by atoms with Gasteiger partial charge >= 0.3 is 0 Å². The second kappa shape index (κ2) is 11.9. The molecular weight excluding hydrogens is 162 g/mol. The number of likely N-dealkylation sites (N-methyl/N-ethyl adjacent to an activating group) is 1. The maximum absolute atomic E-state index is 5.45. The van der Waals surface area contributed by atoms with E-state index in [9.17, 15) is 0 Å². The Morgan fingerprint density at radius 2 is 1.69 bits per heavy atom. The van der Waals surface area contributed by atoms with Crippen LogP contribution in [0.25, 0.3) is 0 Å². The molecule has 2 heteroatoms. The number of hydrogen-bond donors (Lipinski definition) is 1. The van der Waals surface area contributed by atoms with E-state index in [0.29, 0.717) is 0 Å². The molecule has 0 unspecified atom stereocenters. The molecule has 13 heavy (non-hydrogen) atoms. The molecule has 0 fully saturated rings. The molecule has 0 aliphatic rings. The second-order valence-corrected chi connectivity index (χ2v) is 3.38. The Hall–Kier alpha value is -0.0800. The van der Waals surface area contributed by atoms with Gasteiger partial charge in [0, 0.05) is 13.2 Å². The van der Waals surface area contributed by atoms with Crippen LogP contribution in [-0.4, -0.2) is 26.3 Å². The first-order valence-electron chi connectivity index (χ1n) is 5.70. The van der Waals surface area contributed by atoms with Crippen LogP contribution < -0.4 is 5.32 Å². The Morgan fingerprint density at radius 3 is 2.38 bits per heavy atom. The molecule has 0 radical (unpaired) electrons. The molecule has 80 valence electrons. The van der Waals surface area contributed by atoms with Crippen LogP contribution >= 0.6 is 0 Å². The van der Waals surface area contributed by atoms with Gasteiger partial charge in [-0.25, -0.2) is 0 Å². The molecular formula is C11H25NO. The SMILES string of the molecule is CCCCCCCOCCNCC. The van der Waals surface area contributed by atoms with E-state index in [1.165, 1.54) is 32.1 Å². The highest BCUT2D eigenvalue weighted by Gasteiger charge is 1.89. The van der Waals surface area contributed by atoms with Crippen LogP contribution in [0.15, 0.2) is 0 Å². The molecule has 0 heterocycles. The van der Waals surface area contributed by atoms with Gasteiger partial charge in [0.2, 0.25) is 0 Å². The summed E-state index contributed by atoms with van der Waals surface area (Å²) in [7, 11) is 0. The summed E-state index contributed by atoms with van der Waals surface area (Å²) in [5, 5.41) is 3.23. The van der Waals surface area contributed by atoms with Gasteiger partial charge in [0.1, 0.15) is 0 Å². The molecule has 0 bridgehead atoms. The Morgan fingerprint density at radius 1 is 0.923 bits per heavy atom. The fourth-order valence-electron chi connectivity index (χ4n) is 1.23. The van der Waals surface area contributed by atoms with Gasteiger partial charge in [0.25, 0.3) is 0 Å². The predicted octanol–water partition coefficient (Wildman–Crippen LogP) is 2.58. The summed E-state index contributed by atoms with van der Waals surface area (Å²) < 4.78 is 5.45. The number of ether oxygens (including phenoxy) is 1. The minimum absolute atomic E-state index is 0.863. The van der Waals surface area contributed by atoms with E-state index in [1.807, 2.05) is 0 Å². The van der Waals surface area contributed by atoms with Crippen LogP contribution in [0.4, 0.5) is 0 Å². The van der Waals surface area contributed by atoms with Gasteiger partial charge in [-0.3, -0.25) is 0 Å². The molecule has 0 amide bonds. The van der Waals surface area contributed by atoms with Crippen molar-refractivity contribution in [3.63, 3.8) is 0 Å². The van der Waals surface area contributed by atoms with Crippen molar-refractivity contribution in [1.82, 2.24) is 5.32 Å². The second-order valence-electron chi connectivity index (χ2n) is 3.38. The number of unbranched alkanes of at least 4 members (excludes halogenated alkanes) is 4. The lowest BCUT2D eigenvalue weighted by molar-refractivity contribution is 0.132. The summed E-state index contributed by atoms with van der Waals surface area (Å²) in [6, 6.07) is 0. The third-order valence-corrected chi connectivity index (χ3v) is 2.07. The minimum Gasteiger partial charge on any atom is -0.380 e. The molecule has 0 saturated carbocycles. The van der Waals surface area contributed by atoms with E-state index in [4.69, 9.17) is 4.74 Å². The van der Waals surface area contributed by atoms with Crippen LogP contribution in [0.5, 0.6) is 0 Å². The zero-order valence-corrected chi connectivity index (χ0v) is 9.27. The van der Waals surface area contributed by atoms with Gasteiger partial charge in [-0.1, -0.05) is 39.5 Å². The van der Waals surface area contributed by atoms with E-state index in [1.54, 1.807) is 0 Å². The number of nitrogens with one attached hydrogen (secondary N) is 1. The number of rotatable bonds is 10. The summed E-state index contributed by atoms with van der Waals surface area (Å²) in [6.45, 7) is 8.19. The van der Waals surface area contributed by atoms with E-state index >= 15 is 0 Å². The monoisotopic (exact) mass is 187 g/mol. The molecule has 0 rings (SSSR count). The molecule has 0 spiro atoms. The van der Waals surface area contributed by atoms with E-state index in [-0.39, 0.29) is 0 Å². The normalized spacial score (nSPS) is 10.6. The first-order valence-corrected chi connectivity index (χ1v) is 5.70. The topological polar surface area (TPSA) is 21.3 Å². The zero-order chi connectivity index (χ0) is 9.78. The fraction of sp³-hybridized carbons (Fsp3) is 1.00. The molecule has 0 aliphatic carbocycles. The Balaban J connectivity index is 2.76. The predicted molar refractivity (Wildman–Crippen MR) is 58.1 cm³/mol. The van der Waals surface area contributed by atoms with Crippen LogP contribution in [-0.2, 0) is 4.74 Å². The maximum Gasteiger partial charge on any atom is 0.0590 e. The Kier molecular flexibility index (Phi) is 11.8. The highest BCUT2D eigenvalue weighted by atomic mass is 16.5. The van der Waals surface area contributed by atoms with E-state index in [0.717, 1.165) is 26.3 Å². The molecule has 0 aromatic carbocycles. The molecule has 0 saturated heterocycles. The van der Waals surface area contributed by atoms with Gasteiger partial charge in [-0.15, -0.1) is 0 Å². The molecule has 0 aromatic heterocycles. The van der Waals surface area contributed by atoms with Crippen molar-refractivity contribution >= 4 is 0 Å². The first kappa shape index (κ1) is 12.9. The quantitative estimate of drug-likeness (QED) is 0.531. The Labute approximate surface area is 83.1 Å². The smallest absolute Gasteiger partial charge is 0.0590 e. The summed E-state index contributed by atoms with van der Waals surface area (Å²) in [6.07, 6.45) is 6.62. The van der Waals surface area contributed by atoms with Crippen LogP contribution in [0.2, 0.25) is 0 Å². The number of hydrogen-bond acceptors (Lipinski definition) is 2. The van der Waals surface area contributed by atoms with Crippen molar-refractivity contribution in [2.45, 2.75) is 46.0 Å². The summed E-state index contributed by atoms with van der Waals surface area (Å²) in [4.78, 5) is 0. The third-order valence-electron chi connectivity index (χ3n) is 2.07. The first-order chi connectivity index (χ1) is 6.41. The molecule has 0 atom stereocenters. The average Bonchev–Trinajstić information content (AvgIpc) is 2.16. The van der Waals surface area contributed by atoms with Crippen molar-refractivity contribution in [2.75, 3.05) is 26.3 Å². The van der Waals surface area contributed by atoms with Gasteiger partial charge in [-0.2, -0.15) is 0 Å². The summed E-state index contributed by atoms with van der Waals surface area (Å²) >= 11 is 0. The average molecular weight is 187 g/mol. The van der Waals surface area contributed by atoms with Gasteiger partial charge < -0.3 is 10.1 Å². The molecule has 2 nitrogen and oxygen atoms in total. The van der Waals surface area contributed by atoms with Crippen LogP contribution in [0.3, 0.4) is 0 Å². The third kappa shape index (κ3) is 11.9. The van der Waals surface area contributed by atoms with Crippen LogP contribution in [0, 0.1) is 0 Å². The van der Waals surface area contributed by atoms with Crippen molar-refractivity contribution < 1.29 is 4.74 Å². The van der Waals surface area contributed by atoms with Crippen molar-refractivity contribution in [3.05, 3.63) is 0 Å². The largest absolute Gasteiger partial charge is 0.380 e. The lowest BCUT2D eigenvalue weighted by Crippen LogP contribution is -2.19. The lowest BCUT2D eigenvalue weighted by Gasteiger charge is -2.04. The van der Waals surface area contributed by atoms with Crippen molar-refractivity contribution in [3.8, 4) is 0 Å². The van der Waals surface area contributed by atoms with Gasteiger partial charge in [-0.05, 0) is 13.0 Å². The minimum atomic E-state index is 0.863. The highest BCUT2D eigenvalue weighted by molar-refractivity contribution is 4.43. The zero-order valence-electron chi connectivity index (χ0n) is 9.27. The van der Waals surface area contributed by atoms with Gasteiger partial charge in [0.15, 0.2) is 0 Å². The van der Waals surface area contributed by atoms with E-state index < -0.39 is 0 Å². The maximum atomic E-state index is 5.45. The Bertz CT molecular complexity index is 76.2. The lowest BCUT2D eigenvalue weighted by atomic mass is 10.2.